The Bertz CT molecular complexity index is 675. The van der Waals surface area contributed by atoms with E-state index >= 15 is 0 Å². The number of anilines is 1. The van der Waals surface area contributed by atoms with Crippen LogP contribution in [-0.4, -0.2) is 21.2 Å². The van der Waals surface area contributed by atoms with Crippen LogP contribution >= 0.6 is 0 Å². The molecule has 6 heteroatoms. The van der Waals surface area contributed by atoms with Gasteiger partial charge in [-0.15, -0.1) is 10.2 Å². The van der Waals surface area contributed by atoms with Gasteiger partial charge in [-0.1, -0.05) is 13.0 Å². The fraction of sp³-hybridized carbons (Fsp3) is 0.500. The molecule has 2 aromatic rings. The molecule has 1 N–H and O–H groups in total. The molecule has 2 heterocycles. The molecule has 0 radical (unpaired) electrons. The molecule has 1 saturated carbocycles. The van der Waals surface area contributed by atoms with E-state index < -0.39 is 0 Å². The lowest BCUT2D eigenvalue weighted by atomic mass is 10.0. The maximum atomic E-state index is 8.89. The van der Waals surface area contributed by atoms with Crippen LogP contribution in [-0.2, 0) is 12.8 Å². The number of hydrogen-bond acceptors (Lipinski definition) is 6. The molecule has 0 aromatic carbocycles. The smallest absolute Gasteiger partial charge is 0.216 e. The maximum Gasteiger partial charge on any atom is 0.216 e. The van der Waals surface area contributed by atoms with Gasteiger partial charge in [0.1, 0.15) is 17.6 Å². The molecule has 1 fully saturated rings. The lowest BCUT2D eigenvalue weighted by molar-refractivity contribution is 0.409. The highest BCUT2D eigenvalue weighted by molar-refractivity contribution is 5.39. The number of rotatable bonds is 5. The lowest BCUT2D eigenvalue weighted by Crippen LogP contribution is -2.17. The number of nitrogens with zero attached hydrogens (tertiary/aromatic N) is 4. The Morgan fingerprint density at radius 2 is 2.18 bits per heavy atom. The molecule has 1 aliphatic rings. The fourth-order valence-corrected chi connectivity index (χ4v) is 2.94. The standard InChI is InChI=1S/C16H19N5O/c1-2-15-20-21-16(22-15)9-11-6-7-12(8-11)18-14-5-3-4-13(10-17)19-14/h3-5,11-12H,2,6-9H2,1H3,(H,18,19)/t11-,12+/m1/s1. The zero-order valence-corrected chi connectivity index (χ0v) is 12.6. The third kappa shape index (κ3) is 3.42. The summed E-state index contributed by atoms with van der Waals surface area (Å²) >= 11 is 0. The van der Waals surface area contributed by atoms with Gasteiger partial charge in [-0.3, -0.25) is 0 Å². The first kappa shape index (κ1) is 14.5. The average molecular weight is 297 g/mol. The van der Waals surface area contributed by atoms with Crippen molar-refractivity contribution in [2.24, 2.45) is 5.92 Å². The number of hydrogen-bond donors (Lipinski definition) is 1. The van der Waals surface area contributed by atoms with Crippen LogP contribution in [0.5, 0.6) is 0 Å². The van der Waals surface area contributed by atoms with Gasteiger partial charge in [-0.05, 0) is 37.3 Å². The maximum absolute atomic E-state index is 8.89. The minimum atomic E-state index is 0.389. The van der Waals surface area contributed by atoms with Crippen molar-refractivity contribution in [1.29, 1.82) is 5.26 Å². The molecule has 0 amide bonds. The molecule has 2 aromatic heterocycles. The molecule has 0 saturated heterocycles. The predicted octanol–water partition coefficient (Wildman–Crippen LogP) is 2.72. The van der Waals surface area contributed by atoms with Crippen molar-refractivity contribution in [1.82, 2.24) is 15.2 Å². The molecule has 0 bridgehead atoms. The number of pyridine rings is 1. The van der Waals surface area contributed by atoms with Crippen molar-refractivity contribution in [3.05, 3.63) is 35.7 Å². The topological polar surface area (TPSA) is 87.6 Å². The average Bonchev–Trinajstić information content (AvgIpc) is 3.17. The van der Waals surface area contributed by atoms with E-state index in [-0.39, 0.29) is 0 Å². The molecule has 3 rings (SSSR count). The lowest BCUT2D eigenvalue weighted by Gasteiger charge is -2.13. The first-order chi connectivity index (χ1) is 10.8. The summed E-state index contributed by atoms with van der Waals surface area (Å²) in [5.41, 5.74) is 0.442. The summed E-state index contributed by atoms with van der Waals surface area (Å²) in [5.74, 6) is 2.78. The van der Waals surface area contributed by atoms with E-state index in [4.69, 9.17) is 9.68 Å². The van der Waals surface area contributed by atoms with Crippen LogP contribution in [0.3, 0.4) is 0 Å². The van der Waals surface area contributed by atoms with Crippen LogP contribution in [0.1, 0.15) is 43.7 Å². The van der Waals surface area contributed by atoms with Crippen LogP contribution in [0.2, 0.25) is 0 Å². The normalized spacial score (nSPS) is 20.7. The summed E-state index contributed by atoms with van der Waals surface area (Å²) in [6, 6.07) is 7.92. The van der Waals surface area contributed by atoms with Crippen LogP contribution in [0.25, 0.3) is 0 Å². The quantitative estimate of drug-likeness (QED) is 0.913. The third-order valence-electron chi connectivity index (χ3n) is 4.03. The van der Waals surface area contributed by atoms with Gasteiger partial charge >= 0.3 is 0 Å². The second-order valence-electron chi connectivity index (χ2n) is 5.69. The summed E-state index contributed by atoms with van der Waals surface area (Å²) in [4.78, 5) is 4.27. The molecule has 0 aliphatic heterocycles. The Morgan fingerprint density at radius 3 is 2.95 bits per heavy atom. The van der Waals surface area contributed by atoms with Gasteiger partial charge in [-0.25, -0.2) is 4.98 Å². The summed E-state index contributed by atoms with van der Waals surface area (Å²) in [5, 5.41) is 20.4. The Balaban J connectivity index is 1.54. The molecule has 6 nitrogen and oxygen atoms in total. The second-order valence-corrected chi connectivity index (χ2v) is 5.69. The molecule has 0 spiro atoms. The zero-order valence-electron chi connectivity index (χ0n) is 12.6. The monoisotopic (exact) mass is 297 g/mol. The molecule has 2 atom stereocenters. The Kier molecular flexibility index (Phi) is 4.33. The largest absolute Gasteiger partial charge is 0.425 e. The van der Waals surface area contributed by atoms with Gasteiger partial charge in [0.2, 0.25) is 11.8 Å². The van der Waals surface area contributed by atoms with Crippen LogP contribution in [0.15, 0.2) is 22.6 Å². The minimum absolute atomic E-state index is 0.389. The fourth-order valence-electron chi connectivity index (χ4n) is 2.94. The molecule has 1 aliphatic carbocycles. The van der Waals surface area contributed by atoms with Gasteiger partial charge in [0, 0.05) is 18.9 Å². The van der Waals surface area contributed by atoms with E-state index in [1.54, 1.807) is 6.07 Å². The van der Waals surface area contributed by atoms with Gasteiger partial charge in [0.15, 0.2) is 0 Å². The second kappa shape index (κ2) is 6.56. The first-order valence-electron chi connectivity index (χ1n) is 7.71. The molecule has 114 valence electrons. The summed E-state index contributed by atoms with van der Waals surface area (Å²) in [6.07, 6.45) is 4.92. The zero-order chi connectivity index (χ0) is 15.4. The van der Waals surface area contributed by atoms with E-state index in [2.05, 4.69) is 26.6 Å². The SMILES string of the molecule is CCc1nnc(C[C@@H]2CC[C@H](Nc3cccc(C#N)n3)C2)o1. The predicted molar refractivity (Wildman–Crippen MR) is 81.1 cm³/mol. The Labute approximate surface area is 129 Å². The first-order valence-corrected chi connectivity index (χ1v) is 7.71. The Hall–Kier alpha value is -2.42. The number of nitriles is 1. The third-order valence-corrected chi connectivity index (χ3v) is 4.03. The van der Waals surface area contributed by atoms with Gasteiger partial charge in [0.25, 0.3) is 0 Å². The van der Waals surface area contributed by atoms with Crippen molar-refractivity contribution >= 4 is 5.82 Å². The van der Waals surface area contributed by atoms with Crippen LogP contribution in [0, 0.1) is 17.2 Å². The number of nitrogens with one attached hydrogen (secondary N) is 1. The Morgan fingerprint density at radius 1 is 1.32 bits per heavy atom. The van der Waals surface area contributed by atoms with E-state index in [1.807, 2.05) is 19.1 Å². The number of aromatic nitrogens is 3. The van der Waals surface area contributed by atoms with Crippen molar-refractivity contribution in [2.75, 3.05) is 5.32 Å². The molecular formula is C16H19N5O. The van der Waals surface area contributed by atoms with Crippen molar-refractivity contribution in [2.45, 2.75) is 45.1 Å². The summed E-state index contributed by atoms with van der Waals surface area (Å²) < 4.78 is 5.59. The highest BCUT2D eigenvalue weighted by Crippen LogP contribution is 2.30. The van der Waals surface area contributed by atoms with Gasteiger partial charge in [0.05, 0.1) is 0 Å². The van der Waals surface area contributed by atoms with Crippen LogP contribution < -0.4 is 5.32 Å². The van der Waals surface area contributed by atoms with Crippen molar-refractivity contribution in [3.8, 4) is 6.07 Å². The molecular weight excluding hydrogens is 278 g/mol. The van der Waals surface area contributed by atoms with E-state index in [9.17, 15) is 0 Å². The molecule has 0 unspecified atom stereocenters. The molecule has 22 heavy (non-hydrogen) atoms. The van der Waals surface area contributed by atoms with E-state index in [0.717, 1.165) is 43.8 Å². The van der Waals surface area contributed by atoms with E-state index in [0.29, 0.717) is 23.5 Å². The van der Waals surface area contributed by atoms with Crippen LogP contribution in [0.4, 0.5) is 5.82 Å². The van der Waals surface area contributed by atoms with E-state index in [1.165, 1.54) is 0 Å². The summed E-state index contributed by atoms with van der Waals surface area (Å²) in [7, 11) is 0. The van der Waals surface area contributed by atoms with Crippen molar-refractivity contribution < 1.29 is 4.42 Å². The highest BCUT2D eigenvalue weighted by atomic mass is 16.4. The minimum Gasteiger partial charge on any atom is -0.425 e. The van der Waals surface area contributed by atoms with Gasteiger partial charge in [-0.2, -0.15) is 5.26 Å². The number of aryl methyl sites for hydroxylation is 1. The highest BCUT2D eigenvalue weighted by Gasteiger charge is 2.26. The summed E-state index contributed by atoms with van der Waals surface area (Å²) in [6.45, 7) is 2.01. The van der Waals surface area contributed by atoms with Gasteiger partial charge < -0.3 is 9.73 Å². The van der Waals surface area contributed by atoms with Crippen molar-refractivity contribution in [3.63, 3.8) is 0 Å².